The molecule has 1 atom stereocenters. The average molecular weight is 436 g/mol. The Hall–Kier alpha value is -3.75. The molecule has 0 radical (unpaired) electrons. The van der Waals surface area contributed by atoms with Gasteiger partial charge >= 0.3 is 0 Å². The van der Waals surface area contributed by atoms with Crippen LogP contribution in [0.25, 0.3) is 11.3 Å². The van der Waals surface area contributed by atoms with Gasteiger partial charge in [0, 0.05) is 38.4 Å². The second kappa shape index (κ2) is 9.59. The predicted octanol–water partition coefficient (Wildman–Crippen LogP) is 2.14. The van der Waals surface area contributed by atoms with Gasteiger partial charge in [0.15, 0.2) is 0 Å². The zero-order valence-electron chi connectivity index (χ0n) is 17.8. The molecule has 166 valence electrons. The van der Waals surface area contributed by atoms with Gasteiger partial charge in [-0.1, -0.05) is 12.1 Å². The van der Waals surface area contributed by atoms with E-state index in [1.165, 1.54) is 12.1 Å². The number of hydrogen-bond donors (Lipinski definition) is 3. The van der Waals surface area contributed by atoms with Crippen LogP contribution in [-0.2, 0) is 18.3 Å². The van der Waals surface area contributed by atoms with Crippen LogP contribution >= 0.6 is 0 Å². The fraction of sp³-hybridized carbons (Fsp3) is 0.304. The van der Waals surface area contributed by atoms with Crippen molar-refractivity contribution in [3.63, 3.8) is 0 Å². The lowest BCUT2D eigenvalue weighted by molar-refractivity contribution is -0.122. The molecule has 3 aromatic rings. The molecule has 0 bridgehead atoms. The molecular weight excluding hydrogens is 411 g/mol. The summed E-state index contributed by atoms with van der Waals surface area (Å²) in [7, 11) is 1.82. The van der Waals surface area contributed by atoms with Crippen molar-refractivity contribution in [3.8, 4) is 11.3 Å². The molecule has 0 spiro atoms. The van der Waals surface area contributed by atoms with Crippen molar-refractivity contribution < 1.29 is 14.0 Å². The van der Waals surface area contributed by atoms with Gasteiger partial charge in [0.1, 0.15) is 11.6 Å². The van der Waals surface area contributed by atoms with Gasteiger partial charge in [-0.3, -0.25) is 14.3 Å². The van der Waals surface area contributed by atoms with Gasteiger partial charge < -0.3 is 16.0 Å². The minimum atomic E-state index is -0.303. The third-order valence-corrected chi connectivity index (χ3v) is 5.41. The monoisotopic (exact) mass is 436 g/mol. The van der Waals surface area contributed by atoms with Gasteiger partial charge in [-0.2, -0.15) is 5.10 Å². The molecule has 3 N–H and O–H groups in total. The smallest absolute Gasteiger partial charge is 0.255 e. The zero-order chi connectivity index (χ0) is 22.5. The SMILES string of the molecule is Cn1cc(-c2ccc(C(=O)NCC3CCNC3=O)c(NCCc3cccc(F)c3)n2)cn1. The first-order valence-corrected chi connectivity index (χ1v) is 10.5. The molecule has 3 heterocycles. The van der Waals surface area contributed by atoms with E-state index in [0.717, 1.165) is 11.1 Å². The number of rotatable bonds is 8. The van der Waals surface area contributed by atoms with Gasteiger partial charge in [0.25, 0.3) is 5.91 Å². The third-order valence-electron chi connectivity index (χ3n) is 5.41. The van der Waals surface area contributed by atoms with E-state index in [1.807, 2.05) is 19.3 Å². The van der Waals surface area contributed by atoms with E-state index >= 15 is 0 Å². The van der Waals surface area contributed by atoms with Crippen LogP contribution in [0.2, 0.25) is 0 Å². The lowest BCUT2D eigenvalue weighted by Gasteiger charge is -2.14. The molecule has 0 aliphatic carbocycles. The van der Waals surface area contributed by atoms with Crippen molar-refractivity contribution in [1.29, 1.82) is 0 Å². The Morgan fingerprint density at radius 3 is 2.91 bits per heavy atom. The molecule has 32 heavy (non-hydrogen) atoms. The van der Waals surface area contributed by atoms with Crippen LogP contribution < -0.4 is 16.0 Å². The zero-order valence-corrected chi connectivity index (χ0v) is 17.8. The molecule has 1 aliphatic rings. The van der Waals surface area contributed by atoms with Gasteiger partial charge in [-0.15, -0.1) is 0 Å². The van der Waals surface area contributed by atoms with Crippen LogP contribution in [0.15, 0.2) is 48.8 Å². The van der Waals surface area contributed by atoms with E-state index in [9.17, 15) is 14.0 Å². The average Bonchev–Trinajstić information content (AvgIpc) is 3.40. The number of halogens is 1. The highest BCUT2D eigenvalue weighted by Gasteiger charge is 2.25. The van der Waals surface area contributed by atoms with Crippen molar-refractivity contribution in [2.75, 3.05) is 25.0 Å². The Morgan fingerprint density at radius 1 is 1.31 bits per heavy atom. The first kappa shape index (κ1) is 21.5. The Kier molecular flexibility index (Phi) is 6.44. The molecule has 4 rings (SSSR count). The minimum absolute atomic E-state index is 0.0382. The molecule has 1 saturated heterocycles. The van der Waals surface area contributed by atoms with E-state index in [0.29, 0.717) is 43.0 Å². The van der Waals surface area contributed by atoms with Crippen LogP contribution in [0.3, 0.4) is 0 Å². The van der Waals surface area contributed by atoms with Crippen LogP contribution in [0.1, 0.15) is 22.3 Å². The summed E-state index contributed by atoms with van der Waals surface area (Å²) in [6, 6.07) is 9.90. The second-order valence-corrected chi connectivity index (χ2v) is 7.79. The summed E-state index contributed by atoms with van der Waals surface area (Å²) < 4.78 is 15.1. The number of hydrogen-bond acceptors (Lipinski definition) is 5. The Labute approximate surface area is 185 Å². The largest absolute Gasteiger partial charge is 0.369 e. The number of carbonyl (C=O) groups is 2. The molecule has 1 unspecified atom stereocenters. The number of benzene rings is 1. The maximum atomic E-state index is 13.4. The fourth-order valence-corrected chi connectivity index (χ4v) is 3.66. The van der Waals surface area contributed by atoms with E-state index in [4.69, 9.17) is 0 Å². The van der Waals surface area contributed by atoms with Crippen LogP contribution in [0, 0.1) is 11.7 Å². The summed E-state index contributed by atoms with van der Waals surface area (Å²) >= 11 is 0. The molecule has 1 aliphatic heterocycles. The normalized spacial score (nSPS) is 15.4. The van der Waals surface area contributed by atoms with Crippen molar-refractivity contribution in [1.82, 2.24) is 25.4 Å². The first-order valence-electron chi connectivity index (χ1n) is 10.5. The van der Waals surface area contributed by atoms with Crippen LogP contribution in [-0.4, -0.2) is 46.2 Å². The maximum Gasteiger partial charge on any atom is 0.255 e. The molecule has 9 heteroatoms. The molecule has 8 nitrogen and oxygen atoms in total. The predicted molar refractivity (Wildman–Crippen MR) is 118 cm³/mol. The van der Waals surface area contributed by atoms with E-state index in [-0.39, 0.29) is 30.1 Å². The molecule has 2 aromatic heterocycles. The topological polar surface area (TPSA) is 101 Å². The van der Waals surface area contributed by atoms with Gasteiger partial charge in [0.2, 0.25) is 5.91 Å². The fourth-order valence-electron chi connectivity index (χ4n) is 3.66. The van der Waals surface area contributed by atoms with Crippen molar-refractivity contribution in [2.24, 2.45) is 13.0 Å². The van der Waals surface area contributed by atoms with Gasteiger partial charge in [-0.25, -0.2) is 9.37 Å². The number of aromatic nitrogens is 3. The van der Waals surface area contributed by atoms with Crippen LogP contribution in [0.5, 0.6) is 0 Å². The Balaban J connectivity index is 1.51. The van der Waals surface area contributed by atoms with E-state index in [1.54, 1.807) is 29.1 Å². The third kappa shape index (κ3) is 5.11. The summed E-state index contributed by atoms with van der Waals surface area (Å²) in [5, 5.41) is 13.0. The molecule has 2 amide bonds. The van der Waals surface area contributed by atoms with Crippen molar-refractivity contribution >= 4 is 17.6 Å². The van der Waals surface area contributed by atoms with Crippen molar-refractivity contribution in [3.05, 3.63) is 65.7 Å². The quantitative estimate of drug-likeness (QED) is 0.502. The number of nitrogens with zero attached hydrogens (tertiary/aromatic N) is 3. The molecule has 0 saturated carbocycles. The highest BCUT2D eigenvalue weighted by Crippen LogP contribution is 2.22. The summed E-state index contributed by atoms with van der Waals surface area (Å²) in [6.07, 6.45) is 4.82. The molecule has 1 aromatic carbocycles. The highest BCUT2D eigenvalue weighted by atomic mass is 19.1. The molecule has 1 fully saturated rings. The van der Waals surface area contributed by atoms with Gasteiger partial charge in [0.05, 0.1) is 23.4 Å². The summed E-state index contributed by atoms with van der Waals surface area (Å²) in [4.78, 5) is 29.3. The van der Waals surface area contributed by atoms with E-state index in [2.05, 4.69) is 26.0 Å². The van der Waals surface area contributed by atoms with Crippen LogP contribution in [0.4, 0.5) is 10.2 Å². The number of anilines is 1. The summed E-state index contributed by atoms with van der Waals surface area (Å²) in [5.74, 6) is -0.413. The number of carbonyl (C=O) groups excluding carboxylic acids is 2. The number of pyridine rings is 1. The number of nitrogens with one attached hydrogen (secondary N) is 3. The van der Waals surface area contributed by atoms with Gasteiger partial charge in [-0.05, 0) is 42.7 Å². The standard InChI is InChI=1S/C23H25FN6O2/c1-30-14-17(13-28-30)20-6-5-19(23(32)27-12-16-8-10-26-22(16)31)21(29-20)25-9-7-15-3-2-4-18(24)11-15/h2-6,11,13-14,16H,7-10,12H2,1H3,(H,25,29)(H,26,31)(H,27,32). The second-order valence-electron chi connectivity index (χ2n) is 7.79. The molecular formula is C23H25FN6O2. The summed E-state index contributed by atoms with van der Waals surface area (Å²) in [5.41, 5.74) is 2.74. The Morgan fingerprint density at radius 2 is 2.19 bits per heavy atom. The number of aryl methyl sites for hydroxylation is 1. The lowest BCUT2D eigenvalue weighted by Crippen LogP contribution is -2.33. The summed E-state index contributed by atoms with van der Waals surface area (Å²) in [6.45, 7) is 1.38. The van der Waals surface area contributed by atoms with E-state index < -0.39 is 0 Å². The first-order chi connectivity index (χ1) is 15.5. The highest BCUT2D eigenvalue weighted by molar-refractivity contribution is 5.99. The Bertz CT molecular complexity index is 1130. The minimum Gasteiger partial charge on any atom is -0.369 e. The lowest BCUT2D eigenvalue weighted by atomic mass is 10.1. The maximum absolute atomic E-state index is 13.4. The van der Waals surface area contributed by atoms with Crippen molar-refractivity contribution in [2.45, 2.75) is 12.8 Å². The number of amides is 2.